The number of carbonyl (C=O) groups is 2. The van der Waals surface area contributed by atoms with Gasteiger partial charge in [0.25, 0.3) is 10.0 Å². The van der Waals surface area contributed by atoms with Crippen molar-refractivity contribution >= 4 is 50.7 Å². The highest BCUT2D eigenvalue weighted by atomic mass is 35.5. The van der Waals surface area contributed by atoms with E-state index in [1.54, 1.807) is 25.1 Å². The monoisotopic (exact) mass is 637 g/mol. The highest BCUT2D eigenvalue weighted by Gasteiger charge is 2.34. The maximum Gasteiger partial charge on any atom is 0.264 e. The van der Waals surface area contributed by atoms with Crippen LogP contribution in [0.4, 0.5) is 5.69 Å². The SMILES string of the molecule is CCNC(=O)[C@@H](Cc1ccccc1)N(Cc1cccc(C)c1)C(=O)CN(c1cc(Cl)cc(Cl)c1)S(=O)(=O)c1ccccc1. The summed E-state index contributed by atoms with van der Waals surface area (Å²) in [6.45, 7) is 3.61. The Morgan fingerprint density at radius 3 is 2.02 bits per heavy atom. The van der Waals surface area contributed by atoms with Gasteiger partial charge in [-0.15, -0.1) is 0 Å². The lowest BCUT2D eigenvalue weighted by molar-refractivity contribution is -0.140. The van der Waals surface area contributed by atoms with Gasteiger partial charge in [-0.1, -0.05) is 102 Å². The number of rotatable bonds is 12. The summed E-state index contributed by atoms with van der Waals surface area (Å²) in [5, 5.41) is 3.28. The van der Waals surface area contributed by atoms with E-state index in [0.29, 0.717) is 6.54 Å². The average molecular weight is 639 g/mol. The lowest BCUT2D eigenvalue weighted by atomic mass is 10.0. The fourth-order valence-corrected chi connectivity index (χ4v) is 6.72. The molecule has 0 aliphatic carbocycles. The number of nitrogens with one attached hydrogen (secondary N) is 1. The quantitative estimate of drug-likeness (QED) is 0.198. The molecule has 0 spiro atoms. The minimum atomic E-state index is -4.24. The van der Waals surface area contributed by atoms with Crippen LogP contribution < -0.4 is 9.62 Å². The summed E-state index contributed by atoms with van der Waals surface area (Å²) in [5.74, 6) is -0.903. The lowest BCUT2D eigenvalue weighted by Crippen LogP contribution is -2.53. The van der Waals surface area contributed by atoms with Crippen LogP contribution in [-0.2, 0) is 32.6 Å². The number of amides is 2. The number of hydrogen-bond donors (Lipinski definition) is 1. The van der Waals surface area contributed by atoms with Crippen molar-refractivity contribution in [2.45, 2.75) is 37.8 Å². The molecule has 4 aromatic rings. The molecule has 7 nitrogen and oxygen atoms in total. The van der Waals surface area contributed by atoms with Gasteiger partial charge in [0.1, 0.15) is 12.6 Å². The van der Waals surface area contributed by atoms with Crippen LogP contribution in [0.3, 0.4) is 0 Å². The fourth-order valence-electron chi connectivity index (χ4n) is 4.78. The standard InChI is InChI=1S/C33H33Cl2N3O4S/c1-3-36-33(40)31(18-25-12-6-4-7-13-25)37(22-26-14-10-11-24(2)17-26)32(39)23-38(29-20-27(34)19-28(35)21-29)43(41,42)30-15-8-5-9-16-30/h4-17,19-21,31H,3,18,22-23H2,1-2H3,(H,36,40)/t31-/m1/s1. The second kappa shape index (κ2) is 14.6. The van der Waals surface area contributed by atoms with Crippen molar-refractivity contribution in [1.29, 1.82) is 0 Å². The van der Waals surface area contributed by atoms with Crippen LogP contribution in [0.2, 0.25) is 10.0 Å². The molecule has 0 saturated carbocycles. The number of hydrogen-bond acceptors (Lipinski definition) is 4. The molecule has 0 heterocycles. The minimum absolute atomic E-state index is 0.00584. The molecular formula is C33H33Cl2N3O4S. The van der Waals surface area contributed by atoms with Crippen molar-refractivity contribution in [1.82, 2.24) is 10.2 Å². The van der Waals surface area contributed by atoms with E-state index in [2.05, 4.69) is 5.32 Å². The van der Waals surface area contributed by atoms with Crippen molar-refractivity contribution < 1.29 is 18.0 Å². The van der Waals surface area contributed by atoms with Gasteiger partial charge in [0.05, 0.1) is 10.6 Å². The van der Waals surface area contributed by atoms with E-state index >= 15 is 0 Å². The molecule has 1 atom stereocenters. The predicted molar refractivity (Wildman–Crippen MR) is 172 cm³/mol. The Morgan fingerprint density at radius 2 is 1.42 bits per heavy atom. The first kappa shape index (κ1) is 32.1. The Balaban J connectivity index is 1.81. The van der Waals surface area contributed by atoms with Crippen molar-refractivity contribution in [3.8, 4) is 0 Å². The third kappa shape index (κ3) is 8.38. The van der Waals surface area contributed by atoms with Gasteiger partial charge in [-0.2, -0.15) is 0 Å². The maximum atomic E-state index is 14.4. The van der Waals surface area contributed by atoms with Gasteiger partial charge in [-0.3, -0.25) is 13.9 Å². The molecule has 4 aromatic carbocycles. The van der Waals surface area contributed by atoms with E-state index in [1.165, 1.54) is 35.2 Å². The van der Waals surface area contributed by atoms with Crippen molar-refractivity contribution in [3.05, 3.63) is 130 Å². The van der Waals surface area contributed by atoms with Crippen LogP contribution in [0, 0.1) is 6.92 Å². The molecule has 43 heavy (non-hydrogen) atoms. The number of likely N-dealkylation sites (N-methyl/N-ethyl adjacent to an activating group) is 1. The number of carbonyl (C=O) groups excluding carboxylic acids is 2. The summed E-state index contributed by atoms with van der Waals surface area (Å²) in [7, 11) is -4.24. The van der Waals surface area contributed by atoms with Gasteiger partial charge in [0, 0.05) is 29.6 Å². The van der Waals surface area contributed by atoms with Crippen LogP contribution in [0.1, 0.15) is 23.6 Å². The molecule has 0 unspecified atom stereocenters. The van der Waals surface area contributed by atoms with Crippen LogP contribution in [0.15, 0.2) is 108 Å². The van der Waals surface area contributed by atoms with E-state index in [1.807, 2.05) is 61.5 Å². The first-order valence-corrected chi connectivity index (χ1v) is 16.0. The zero-order valence-corrected chi connectivity index (χ0v) is 26.2. The zero-order chi connectivity index (χ0) is 31.0. The second-order valence-corrected chi connectivity index (χ2v) is 12.8. The Morgan fingerprint density at radius 1 is 0.814 bits per heavy atom. The Labute approximate surface area is 263 Å². The molecule has 224 valence electrons. The van der Waals surface area contributed by atoms with Crippen LogP contribution >= 0.6 is 23.2 Å². The lowest BCUT2D eigenvalue weighted by Gasteiger charge is -2.34. The summed E-state index contributed by atoms with van der Waals surface area (Å²) >= 11 is 12.5. The van der Waals surface area contributed by atoms with Crippen LogP contribution in [-0.4, -0.2) is 44.3 Å². The average Bonchev–Trinajstić information content (AvgIpc) is 2.98. The van der Waals surface area contributed by atoms with E-state index in [0.717, 1.165) is 21.0 Å². The summed E-state index contributed by atoms with van der Waals surface area (Å²) in [5.41, 5.74) is 2.78. The zero-order valence-electron chi connectivity index (χ0n) is 23.9. The van der Waals surface area contributed by atoms with E-state index in [4.69, 9.17) is 23.2 Å². The molecule has 0 saturated heterocycles. The van der Waals surface area contributed by atoms with Crippen LogP contribution in [0.5, 0.6) is 0 Å². The van der Waals surface area contributed by atoms with Gasteiger partial charge in [-0.05, 0) is 55.3 Å². The third-order valence-electron chi connectivity index (χ3n) is 6.80. The highest BCUT2D eigenvalue weighted by molar-refractivity contribution is 7.92. The highest BCUT2D eigenvalue weighted by Crippen LogP contribution is 2.30. The largest absolute Gasteiger partial charge is 0.355 e. The van der Waals surface area contributed by atoms with E-state index < -0.39 is 28.5 Å². The molecule has 0 bridgehead atoms. The number of anilines is 1. The first-order valence-electron chi connectivity index (χ1n) is 13.8. The molecule has 0 radical (unpaired) electrons. The molecule has 0 aliphatic heterocycles. The van der Waals surface area contributed by atoms with E-state index in [9.17, 15) is 18.0 Å². The Hall–Kier alpha value is -3.85. The number of benzene rings is 4. The Kier molecular flexibility index (Phi) is 10.9. The predicted octanol–water partition coefficient (Wildman–Crippen LogP) is 6.27. The van der Waals surface area contributed by atoms with Gasteiger partial charge in [0.2, 0.25) is 11.8 Å². The van der Waals surface area contributed by atoms with Crippen molar-refractivity contribution in [2.75, 3.05) is 17.4 Å². The topological polar surface area (TPSA) is 86.8 Å². The summed E-state index contributed by atoms with van der Waals surface area (Å²) in [6, 6.07) is 28.3. The van der Waals surface area contributed by atoms with Gasteiger partial charge >= 0.3 is 0 Å². The fraction of sp³-hybridized carbons (Fsp3) is 0.212. The molecular weight excluding hydrogens is 605 g/mol. The summed E-state index contributed by atoms with van der Waals surface area (Å²) < 4.78 is 29.0. The molecule has 1 N–H and O–H groups in total. The molecule has 0 fully saturated rings. The second-order valence-electron chi connectivity index (χ2n) is 10.1. The van der Waals surface area contributed by atoms with Crippen molar-refractivity contribution in [3.63, 3.8) is 0 Å². The molecule has 0 aliphatic rings. The molecule has 2 amide bonds. The number of sulfonamides is 1. The minimum Gasteiger partial charge on any atom is -0.355 e. The number of halogens is 2. The van der Waals surface area contributed by atoms with Crippen molar-refractivity contribution in [2.24, 2.45) is 0 Å². The summed E-state index contributed by atoms with van der Waals surface area (Å²) in [4.78, 5) is 29.4. The maximum absolute atomic E-state index is 14.4. The Bertz CT molecular complexity index is 1650. The number of nitrogens with zero attached hydrogens (tertiary/aromatic N) is 2. The third-order valence-corrected chi connectivity index (χ3v) is 9.03. The summed E-state index contributed by atoms with van der Waals surface area (Å²) in [6.07, 6.45) is 0.235. The van der Waals surface area contributed by atoms with Gasteiger partial charge < -0.3 is 10.2 Å². The molecule has 0 aromatic heterocycles. The van der Waals surface area contributed by atoms with Gasteiger partial charge in [0.15, 0.2) is 0 Å². The first-order chi connectivity index (χ1) is 20.6. The molecule has 10 heteroatoms. The van der Waals surface area contributed by atoms with E-state index in [-0.39, 0.29) is 39.5 Å². The van der Waals surface area contributed by atoms with Crippen LogP contribution in [0.25, 0.3) is 0 Å². The normalized spacial score (nSPS) is 11.9. The van der Waals surface area contributed by atoms with Gasteiger partial charge in [-0.25, -0.2) is 8.42 Å². The smallest absolute Gasteiger partial charge is 0.264 e. The number of aryl methyl sites for hydroxylation is 1. The molecule has 4 rings (SSSR count).